The summed E-state index contributed by atoms with van der Waals surface area (Å²) < 4.78 is 5.36. The van der Waals surface area contributed by atoms with Crippen LogP contribution in [0.25, 0.3) is 0 Å². The van der Waals surface area contributed by atoms with Crippen LogP contribution in [-0.2, 0) is 17.8 Å². The second kappa shape index (κ2) is 8.62. The fraction of sp³-hybridized carbons (Fsp3) is 0.400. The zero-order chi connectivity index (χ0) is 17.5. The van der Waals surface area contributed by atoms with E-state index < -0.39 is 0 Å². The Balaban J connectivity index is 1.45. The van der Waals surface area contributed by atoms with Crippen LogP contribution >= 0.6 is 0 Å². The number of hydrogen-bond donors (Lipinski definition) is 0. The average Bonchev–Trinajstić information content (AvgIpc) is 2.67. The van der Waals surface area contributed by atoms with E-state index in [2.05, 4.69) is 16.0 Å². The summed E-state index contributed by atoms with van der Waals surface area (Å²) in [5.41, 5.74) is 2.31. The van der Waals surface area contributed by atoms with E-state index in [1.165, 1.54) is 5.56 Å². The van der Waals surface area contributed by atoms with Gasteiger partial charge in [-0.1, -0.05) is 24.3 Å². The average molecular weight is 339 g/mol. The third-order valence-corrected chi connectivity index (χ3v) is 4.65. The number of nitrogens with zero attached hydrogens (tertiary/aromatic N) is 3. The fourth-order valence-corrected chi connectivity index (χ4v) is 3.21. The van der Waals surface area contributed by atoms with Gasteiger partial charge in [0.05, 0.1) is 7.11 Å². The van der Waals surface area contributed by atoms with Crippen molar-refractivity contribution in [2.24, 2.45) is 0 Å². The topological polar surface area (TPSA) is 45.7 Å². The minimum Gasteiger partial charge on any atom is -0.496 e. The lowest BCUT2D eigenvalue weighted by atomic mass is 10.1. The molecule has 2 aromatic rings. The number of hydrogen-bond acceptors (Lipinski definition) is 4. The van der Waals surface area contributed by atoms with Crippen LogP contribution < -0.4 is 4.74 Å². The summed E-state index contributed by atoms with van der Waals surface area (Å²) in [7, 11) is 1.67. The SMILES string of the molecule is COc1ccccc1CCC(=O)N1CCN(Cc2cccnc2)CC1. The van der Waals surface area contributed by atoms with E-state index in [-0.39, 0.29) is 5.91 Å². The molecule has 1 aromatic heterocycles. The zero-order valence-corrected chi connectivity index (χ0v) is 14.7. The summed E-state index contributed by atoms with van der Waals surface area (Å²) in [5, 5.41) is 0. The molecule has 25 heavy (non-hydrogen) atoms. The third kappa shape index (κ3) is 4.79. The minimum absolute atomic E-state index is 0.229. The molecule has 0 unspecified atom stereocenters. The highest BCUT2D eigenvalue weighted by atomic mass is 16.5. The molecule has 0 radical (unpaired) electrons. The Morgan fingerprint density at radius 2 is 1.92 bits per heavy atom. The van der Waals surface area contributed by atoms with E-state index in [1.807, 2.05) is 41.4 Å². The number of benzene rings is 1. The molecule has 0 saturated carbocycles. The lowest BCUT2D eigenvalue weighted by Crippen LogP contribution is -2.48. The van der Waals surface area contributed by atoms with Crippen LogP contribution in [0.4, 0.5) is 0 Å². The maximum atomic E-state index is 12.5. The van der Waals surface area contributed by atoms with Gasteiger partial charge in [-0.15, -0.1) is 0 Å². The van der Waals surface area contributed by atoms with Gasteiger partial charge in [0.25, 0.3) is 0 Å². The highest BCUT2D eigenvalue weighted by Gasteiger charge is 2.21. The number of para-hydroxylation sites is 1. The van der Waals surface area contributed by atoms with Gasteiger partial charge in [-0.2, -0.15) is 0 Å². The van der Waals surface area contributed by atoms with Crippen molar-refractivity contribution in [2.45, 2.75) is 19.4 Å². The molecule has 0 bridgehead atoms. The molecule has 1 aliphatic heterocycles. The van der Waals surface area contributed by atoms with E-state index in [0.717, 1.165) is 50.5 Å². The number of piperazine rings is 1. The van der Waals surface area contributed by atoms with Crippen LogP contribution in [0.2, 0.25) is 0 Å². The summed E-state index contributed by atoms with van der Waals surface area (Å²) in [5.74, 6) is 1.09. The van der Waals surface area contributed by atoms with E-state index in [4.69, 9.17) is 4.74 Å². The molecule has 1 fully saturated rings. The second-order valence-corrected chi connectivity index (χ2v) is 6.33. The number of rotatable bonds is 6. The Morgan fingerprint density at radius 3 is 2.64 bits per heavy atom. The zero-order valence-electron chi connectivity index (χ0n) is 14.7. The van der Waals surface area contributed by atoms with E-state index in [1.54, 1.807) is 13.3 Å². The van der Waals surface area contributed by atoms with E-state index in [9.17, 15) is 4.79 Å². The van der Waals surface area contributed by atoms with Crippen molar-refractivity contribution in [3.8, 4) is 5.75 Å². The maximum absolute atomic E-state index is 12.5. The van der Waals surface area contributed by atoms with Gasteiger partial charge in [-0.3, -0.25) is 14.7 Å². The molecule has 1 aliphatic rings. The molecule has 1 saturated heterocycles. The van der Waals surface area contributed by atoms with Gasteiger partial charge >= 0.3 is 0 Å². The van der Waals surface area contributed by atoms with Crippen LogP contribution in [0.5, 0.6) is 5.75 Å². The van der Waals surface area contributed by atoms with Crippen molar-refractivity contribution in [2.75, 3.05) is 33.3 Å². The number of amides is 1. The van der Waals surface area contributed by atoms with Gasteiger partial charge < -0.3 is 9.64 Å². The van der Waals surface area contributed by atoms with Crippen molar-refractivity contribution in [3.63, 3.8) is 0 Å². The van der Waals surface area contributed by atoms with Gasteiger partial charge in [0, 0.05) is 51.5 Å². The minimum atomic E-state index is 0.229. The van der Waals surface area contributed by atoms with Crippen LogP contribution in [-0.4, -0.2) is 54.0 Å². The number of aryl methyl sites for hydroxylation is 1. The van der Waals surface area contributed by atoms with Gasteiger partial charge in [-0.05, 0) is 29.7 Å². The molecule has 5 nitrogen and oxygen atoms in total. The normalized spacial score (nSPS) is 15.2. The smallest absolute Gasteiger partial charge is 0.222 e. The Kier molecular flexibility index (Phi) is 6.01. The molecule has 5 heteroatoms. The number of ether oxygens (including phenoxy) is 1. The molecular formula is C20H25N3O2. The summed E-state index contributed by atoms with van der Waals surface area (Å²) in [6.45, 7) is 4.32. The largest absolute Gasteiger partial charge is 0.496 e. The summed E-state index contributed by atoms with van der Waals surface area (Å²) in [4.78, 5) is 21.0. The number of pyridine rings is 1. The van der Waals surface area contributed by atoms with Gasteiger partial charge in [-0.25, -0.2) is 0 Å². The van der Waals surface area contributed by atoms with Crippen molar-refractivity contribution in [1.82, 2.24) is 14.8 Å². The quantitative estimate of drug-likeness (QED) is 0.811. The van der Waals surface area contributed by atoms with Crippen molar-refractivity contribution < 1.29 is 9.53 Å². The summed E-state index contributed by atoms with van der Waals surface area (Å²) in [6.07, 6.45) is 4.95. The summed E-state index contributed by atoms with van der Waals surface area (Å²) in [6, 6.07) is 12.0. The molecular weight excluding hydrogens is 314 g/mol. The number of methoxy groups -OCH3 is 1. The predicted molar refractivity (Wildman–Crippen MR) is 97.4 cm³/mol. The maximum Gasteiger partial charge on any atom is 0.222 e. The highest BCUT2D eigenvalue weighted by molar-refractivity contribution is 5.76. The first-order valence-electron chi connectivity index (χ1n) is 8.77. The van der Waals surface area contributed by atoms with Crippen molar-refractivity contribution in [1.29, 1.82) is 0 Å². The molecule has 0 aliphatic carbocycles. The third-order valence-electron chi connectivity index (χ3n) is 4.65. The molecule has 0 spiro atoms. The van der Waals surface area contributed by atoms with Crippen molar-refractivity contribution >= 4 is 5.91 Å². The van der Waals surface area contributed by atoms with Gasteiger partial charge in [0.15, 0.2) is 0 Å². The lowest BCUT2D eigenvalue weighted by molar-refractivity contribution is -0.133. The van der Waals surface area contributed by atoms with Crippen molar-refractivity contribution in [3.05, 3.63) is 59.9 Å². The molecule has 1 aromatic carbocycles. The Labute approximate surface area is 149 Å². The predicted octanol–water partition coefficient (Wildman–Crippen LogP) is 2.37. The molecule has 2 heterocycles. The standard InChI is InChI=1S/C20H25N3O2/c1-25-19-7-3-2-6-18(19)8-9-20(24)23-13-11-22(12-14-23)16-17-5-4-10-21-15-17/h2-7,10,15H,8-9,11-14,16H2,1H3. The van der Waals surface area contributed by atoms with E-state index in [0.29, 0.717) is 6.42 Å². The molecule has 1 amide bonds. The molecule has 132 valence electrons. The Hall–Kier alpha value is -2.40. The number of aromatic nitrogens is 1. The lowest BCUT2D eigenvalue weighted by Gasteiger charge is -2.34. The van der Waals surface area contributed by atoms with Gasteiger partial charge in [0.2, 0.25) is 5.91 Å². The van der Waals surface area contributed by atoms with Crippen LogP contribution in [0, 0.1) is 0 Å². The van der Waals surface area contributed by atoms with Crippen LogP contribution in [0.3, 0.4) is 0 Å². The fourth-order valence-electron chi connectivity index (χ4n) is 3.21. The monoisotopic (exact) mass is 339 g/mol. The number of carbonyl (C=O) groups excluding carboxylic acids is 1. The Bertz CT molecular complexity index is 682. The molecule has 3 rings (SSSR count). The first-order chi connectivity index (χ1) is 12.3. The highest BCUT2D eigenvalue weighted by Crippen LogP contribution is 2.19. The second-order valence-electron chi connectivity index (χ2n) is 6.33. The number of carbonyl (C=O) groups is 1. The molecule has 0 N–H and O–H groups in total. The first-order valence-corrected chi connectivity index (χ1v) is 8.77. The van der Waals surface area contributed by atoms with Gasteiger partial charge in [0.1, 0.15) is 5.75 Å². The van der Waals surface area contributed by atoms with Crippen LogP contribution in [0.1, 0.15) is 17.5 Å². The van der Waals surface area contributed by atoms with E-state index >= 15 is 0 Å². The Morgan fingerprint density at radius 1 is 1.12 bits per heavy atom. The first kappa shape index (κ1) is 17.4. The van der Waals surface area contributed by atoms with Crippen LogP contribution in [0.15, 0.2) is 48.8 Å². The summed E-state index contributed by atoms with van der Waals surface area (Å²) >= 11 is 0. The molecule has 0 atom stereocenters.